The summed E-state index contributed by atoms with van der Waals surface area (Å²) in [5, 5.41) is 10.3. The minimum Gasteiger partial charge on any atom is -0.481 e. The standard InChI is InChI=1S/C15H22N2O2S/c1-9-3-5-10(6-4-9)17(2)15-16-13-11(14(18)19)7-8-12(13)20-15/h9-11H,3-8H2,1-2H3,(H,18,19). The number of carboxylic acids is 1. The lowest BCUT2D eigenvalue weighted by molar-refractivity contribution is -0.138. The van der Waals surface area contributed by atoms with Crippen molar-refractivity contribution in [2.45, 2.75) is 57.4 Å². The molecule has 0 aromatic carbocycles. The molecule has 1 unspecified atom stereocenters. The van der Waals surface area contributed by atoms with Crippen LogP contribution in [0.4, 0.5) is 5.13 Å². The number of aromatic nitrogens is 1. The normalized spacial score (nSPS) is 29.2. The van der Waals surface area contributed by atoms with Crippen LogP contribution in [0.5, 0.6) is 0 Å². The molecule has 1 atom stereocenters. The van der Waals surface area contributed by atoms with E-state index in [1.54, 1.807) is 11.3 Å². The van der Waals surface area contributed by atoms with Gasteiger partial charge in [-0.15, -0.1) is 11.3 Å². The van der Waals surface area contributed by atoms with Crippen molar-refractivity contribution < 1.29 is 9.90 Å². The first kappa shape index (κ1) is 13.9. The Labute approximate surface area is 123 Å². The number of fused-ring (bicyclic) bond motifs is 1. The van der Waals surface area contributed by atoms with Crippen LogP contribution < -0.4 is 4.90 Å². The second-order valence-electron chi connectivity index (χ2n) is 6.26. The van der Waals surface area contributed by atoms with E-state index in [4.69, 9.17) is 0 Å². The van der Waals surface area contributed by atoms with Gasteiger partial charge in [-0.05, 0) is 44.4 Å². The van der Waals surface area contributed by atoms with Crippen molar-refractivity contribution in [3.8, 4) is 0 Å². The number of carboxylic acid groups (broad SMARTS) is 1. The summed E-state index contributed by atoms with van der Waals surface area (Å²) in [7, 11) is 2.12. The summed E-state index contributed by atoms with van der Waals surface area (Å²) in [6.07, 6.45) is 6.62. The SMILES string of the molecule is CC1CCC(N(C)c2nc3c(s2)CCC3C(=O)O)CC1. The zero-order chi connectivity index (χ0) is 14.3. The fraction of sp³-hybridized carbons (Fsp3) is 0.733. The molecule has 0 bridgehead atoms. The second-order valence-corrected chi connectivity index (χ2v) is 7.32. The zero-order valence-electron chi connectivity index (χ0n) is 12.1. The van der Waals surface area contributed by atoms with Gasteiger partial charge in [0.2, 0.25) is 0 Å². The van der Waals surface area contributed by atoms with Crippen LogP contribution in [-0.2, 0) is 11.2 Å². The van der Waals surface area contributed by atoms with Gasteiger partial charge in [0.25, 0.3) is 0 Å². The number of nitrogens with zero attached hydrogens (tertiary/aromatic N) is 2. The summed E-state index contributed by atoms with van der Waals surface area (Å²) in [6.45, 7) is 2.33. The van der Waals surface area contributed by atoms with Crippen LogP contribution in [0.3, 0.4) is 0 Å². The molecule has 1 saturated carbocycles. The highest BCUT2D eigenvalue weighted by molar-refractivity contribution is 7.15. The third kappa shape index (κ3) is 2.43. The molecule has 1 N–H and O–H groups in total. The van der Waals surface area contributed by atoms with Gasteiger partial charge in [-0.1, -0.05) is 6.92 Å². The Balaban J connectivity index is 1.75. The summed E-state index contributed by atoms with van der Waals surface area (Å²) in [5.74, 6) is -0.262. The maximum absolute atomic E-state index is 11.2. The maximum Gasteiger partial charge on any atom is 0.312 e. The molecule has 1 fully saturated rings. The van der Waals surface area contributed by atoms with Crippen LogP contribution in [0.1, 0.15) is 55.5 Å². The second kappa shape index (κ2) is 5.35. The molecule has 1 aromatic heterocycles. The van der Waals surface area contributed by atoms with Crippen LogP contribution in [-0.4, -0.2) is 29.1 Å². The fourth-order valence-corrected chi connectivity index (χ4v) is 4.56. The van der Waals surface area contributed by atoms with E-state index >= 15 is 0 Å². The van der Waals surface area contributed by atoms with Gasteiger partial charge in [0, 0.05) is 18.0 Å². The molecule has 1 aromatic rings. The fourth-order valence-electron chi connectivity index (χ4n) is 3.39. The van der Waals surface area contributed by atoms with Crippen molar-refractivity contribution in [2.75, 3.05) is 11.9 Å². The highest BCUT2D eigenvalue weighted by Crippen LogP contribution is 2.40. The van der Waals surface area contributed by atoms with Crippen LogP contribution >= 0.6 is 11.3 Å². The zero-order valence-corrected chi connectivity index (χ0v) is 12.9. The molecular formula is C15H22N2O2S. The Morgan fingerprint density at radius 1 is 1.30 bits per heavy atom. The largest absolute Gasteiger partial charge is 0.481 e. The number of carbonyl (C=O) groups is 1. The van der Waals surface area contributed by atoms with E-state index in [1.807, 2.05) is 0 Å². The molecule has 2 aliphatic carbocycles. The van der Waals surface area contributed by atoms with E-state index in [-0.39, 0.29) is 5.92 Å². The summed E-state index contributed by atoms with van der Waals surface area (Å²) < 4.78 is 0. The van der Waals surface area contributed by atoms with Crippen molar-refractivity contribution in [1.29, 1.82) is 0 Å². The minimum absolute atomic E-state index is 0.380. The number of anilines is 1. The van der Waals surface area contributed by atoms with E-state index in [1.165, 1.54) is 30.6 Å². The lowest BCUT2D eigenvalue weighted by atomic mass is 9.87. The molecule has 0 amide bonds. The van der Waals surface area contributed by atoms with Gasteiger partial charge in [-0.2, -0.15) is 0 Å². The number of aryl methyl sites for hydroxylation is 1. The molecule has 0 radical (unpaired) electrons. The topological polar surface area (TPSA) is 53.4 Å². The van der Waals surface area contributed by atoms with Crippen molar-refractivity contribution >= 4 is 22.4 Å². The van der Waals surface area contributed by atoms with Crippen molar-refractivity contribution in [3.05, 3.63) is 10.6 Å². The van der Waals surface area contributed by atoms with Crippen molar-refractivity contribution in [2.24, 2.45) is 5.92 Å². The number of hydrogen-bond donors (Lipinski definition) is 1. The first-order valence-electron chi connectivity index (χ1n) is 7.51. The average Bonchev–Trinajstić information content (AvgIpc) is 2.97. The van der Waals surface area contributed by atoms with Gasteiger partial charge < -0.3 is 10.0 Å². The molecule has 0 saturated heterocycles. The van der Waals surface area contributed by atoms with E-state index in [2.05, 4.69) is 23.9 Å². The Hall–Kier alpha value is -1.10. The van der Waals surface area contributed by atoms with Gasteiger partial charge in [-0.3, -0.25) is 4.79 Å². The monoisotopic (exact) mass is 294 g/mol. The van der Waals surface area contributed by atoms with Crippen LogP contribution in [0.15, 0.2) is 0 Å². The average molecular weight is 294 g/mol. The lowest BCUT2D eigenvalue weighted by Gasteiger charge is -2.33. The van der Waals surface area contributed by atoms with Crippen molar-refractivity contribution in [1.82, 2.24) is 4.98 Å². The Kier molecular flexibility index (Phi) is 3.71. The predicted octanol–water partition coefficient (Wildman–Crippen LogP) is 3.27. The van der Waals surface area contributed by atoms with Gasteiger partial charge in [-0.25, -0.2) is 4.98 Å². The molecule has 3 rings (SSSR count). The molecule has 0 aliphatic heterocycles. The Bertz CT molecular complexity index is 506. The molecule has 5 heteroatoms. The number of hydrogen-bond acceptors (Lipinski definition) is 4. The minimum atomic E-state index is -0.727. The van der Waals surface area contributed by atoms with E-state index in [0.717, 1.165) is 23.2 Å². The molecule has 110 valence electrons. The lowest BCUT2D eigenvalue weighted by Crippen LogP contribution is -2.34. The van der Waals surface area contributed by atoms with E-state index in [9.17, 15) is 9.90 Å². The predicted molar refractivity (Wildman–Crippen MR) is 80.6 cm³/mol. The highest BCUT2D eigenvalue weighted by atomic mass is 32.1. The van der Waals surface area contributed by atoms with Gasteiger partial charge in [0.1, 0.15) is 5.92 Å². The quantitative estimate of drug-likeness (QED) is 0.929. The first-order chi connectivity index (χ1) is 9.56. The Morgan fingerprint density at radius 2 is 2.00 bits per heavy atom. The molecule has 4 nitrogen and oxygen atoms in total. The highest BCUT2D eigenvalue weighted by Gasteiger charge is 2.34. The number of thiazole rings is 1. The molecule has 2 aliphatic rings. The third-order valence-electron chi connectivity index (χ3n) is 4.84. The van der Waals surface area contributed by atoms with Gasteiger partial charge >= 0.3 is 5.97 Å². The smallest absolute Gasteiger partial charge is 0.312 e. The van der Waals surface area contributed by atoms with Crippen LogP contribution in [0, 0.1) is 5.92 Å². The number of aliphatic carboxylic acids is 1. The van der Waals surface area contributed by atoms with Gasteiger partial charge in [0.05, 0.1) is 5.69 Å². The summed E-state index contributed by atoms with van der Waals surface area (Å²) >= 11 is 1.70. The van der Waals surface area contributed by atoms with Crippen LogP contribution in [0.2, 0.25) is 0 Å². The third-order valence-corrected chi connectivity index (χ3v) is 6.06. The van der Waals surface area contributed by atoms with Gasteiger partial charge in [0.15, 0.2) is 5.13 Å². The number of rotatable bonds is 3. The maximum atomic E-state index is 11.2. The molecule has 20 heavy (non-hydrogen) atoms. The molecule has 1 heterocycles. The summed E-state index contributed by atoms with van der Waals surface area (Å²) in [5.41, 5.74) is 0.827. The van der Waals surface area contributed by atoms with Crippen molar-refractivity contribution in [3.63, 3.8) is 0 Å². The van der Waals surface area contributed by atoms with E-state index in [0.29, 0.717) is 12.5 Å². The first-order valence-corrected chi connectivity index (χ1v) is 8.33. The summed E-state index contributed by atoms with van der Waals surface area (Å²) in [4.78, 5) is 19.4. The van der Waals surface area contributed by atoms with Crippen LogP contribution in [0.25, 0.3) is 0 Å². The molecular weight excluding hydrogens is 272 g/mol. The van der Waals surface area contributed by atoms with E-state index < -0.39 is 5.97 Å². The Morgan fingerprint density at radius 3 is 2.65 bits per heavy atom. The summed E-state index contributed by atoms with van der Waals surface area (Å²) in [6, 6.07) is 0.570. The molecule has 0 spiro atoms.